The quantitative estimate of drug-likeness (QED) is 0.247. The van der Waals surface area contributed by atoms with Gasteiger partial charge < -0.3 is 20.1 Å². The number of carbonyl (C=O) groups is 4. The Labute approximate surface area is 258 Å². The van der Waals surface area contributed by atoms with E-state index in [1.165, 1.54) is 25.3 Å². The zero-order valence-electron chi connectivity index (χ0n) is 22.5. The molecule has 3 aromatic rings. The molecule has 1 aliphatic heterocycles. The van der Waals surface area contributed by atoms with E-state index in [0.717, 1.165) is 26.6 Å². The molecule has 0 atom stereocenters. The summed E-state index contributed by atoms with van der Waals surface area (Å²) in [5.41, 5.74) is 3.38. The van der Waals surface area contributed by atoms with Crippen molar-refractivity contribution < 1.29 is 33.0 Å². The lowest BCUT2D eigenvalue weighted by atomic mass is 10.1. The summed E-state index contributed by atoms with van der Waals surface area (Å²) in [5.74, 6) is -1.69. The molecule has 218 valence electrons. The molecule has 9 nitrogen and oxygen atoms in total. The Kier molecular flexibility index (Phi) is 9.92. The van der Waals surface area contributed by atoms with Crippen molar-refractivity contribution in [2.24, 2.45) is 0 Å². The third kappa shape index (κ3) is 7.30. The number of methoxy groups -OCH3 is 1. The van der Waals surface area contributed by atoms with Gasteiger partial charge in [-0.1, -0.05) is 33.6 Å². The average Bonchev–Trinajstić information content (AvgIpc) is 3.21. The fourth-order valence-corrected chi connectivity index (χ4v) is 5.30. The number of carbonyl (C=O) groups excluding carboxylic acids is 4. The highest BCUT2D eigenvalue weighted by Gasteiger charge is 2.36. The number of nitrogens with one attached hydrogen (secondary N) is 2. The third-order valence-corrected chi connectivity index (χ3v) is 8.27. The van der Waals surface area contributed by atoms with Gasteiger partial charge in [-0.25, -0.2) is 4.39 Å². The van der Waals surface area contributed by atoms with Gasteiger partial charge in [0, 0.05) is 15.8 Å². The van der Waals surface area contributed by atoms with E-state index in [1.807, 2.05) is 19.9 Å². The van der Waals surface area contributed by atoms with Crippen molar-refractivity contribution in [1.82, 2.24) is 4.90 Å². The zero-order valence-corrected chi connectivity index (χ0v) is 25.7. The number of imide groups is 1. The first-order chi connectivity index (χ1) is 20.0. The van der Waals surface area contributed by atoms with Gasteiger partial charge in [-0.05, 0) is 90.8 Å². The van der Waals surface area contributed by atoms with Crippen LogP contribution in [0.1, 0.15) is 16.7 Å². The molecular formula is C29H24BrClFN3O6S. The van der Waals surface area contributed by atoms with Gasteiger partial charge in [-0.2, -0.15) is 0 Å². The molecular weight excluding hydrogens is 653 g/mol. The van der Waals surface area contributed by atoms with Crippen LogP contribution in [0.3, 0.4) is 0 Å². The van der Waals surface area contributed by atoms with E-state index < -0.39 is 29.4 Å². The molecule has 1 saturated heterocycles. The van der Waals surface area contributed by atoms with Crippen LogP contribution in [0.4, 0.5) is 20.6 Å². The number of nitrogens with zero attached hydrogens (tertiary/aromatic N) is 1. The van der Waals surface area contributed by atoms with Crippen molar-refractivity contribution in [2.45, 2.75) is 13.8 Å². The number of halogens is 3. The van der Waals surface area contributed by atoms with Crippen molar-refractivity contribution in [3.8, 4) is 11.5 Å². The summed E-state index contributed by atoms with van der Waals surface area (Å²) in [7, 11) is 1.43. The maximum atomic E-state index is 13.4. The van der Waals surface area contributed by atoms with E-state index in [0.29, 0.717) is 34.5 Å². The number of amides is 4. The summed E-state index contributed by atoms with van der Waals surface area (Å²) in [6.07, 6.45) is 1.49. The second-order valence-electron chi connectivity index (χ2n) is 9.04. The number of hydrogen-bond acceptors (Lipinski definition) is 7. The van der Waals surface area contributed by atoms with Gasteiger partial charge in [-0.3, -0.25) is 24.1 Å². The summed E-state index contributed by atoms with van der Waals surface area (Å²) in [4.78, 5) is 51.2. The first-order valence-corrected chi connectivity index (χ1v) is 14.3. The van der Waals surface area contributed by atoms with Gasteiger partial charge in [0.1, 0.15) is 12.4 Å². The molecule has 1 heterocycles. The minimum Gasteiger partial charge on any atom is -0.493 e. The molecule has 42 heavy (non-hydrogen) atoms. The molecule has 0 aromatic heterocycles. The van der Waals surface area contributed by atoms with E-state index in [1.54, 1.807) is 24.3 Å². The zero-order chi connectivity index (χ0) is 30.6. The van der Waals surface area contributed by atoms with Crippen LogP contribution in [0.25, 0.3) is 6.08 Å². The van der Waals surface area contributed by atoms with Crippen molar-refractivity contribution in [3.05, 3.63) is 85.4 Å². The minimum absolute atomic E-state index is 0.105. The largest absolute Gasteiger partial charge is 0.493 e. The second-order valence-corrected chi connectivity index (χ2v) is 11.3. The standard InChI is InChI=1S/C29H24BrClFN3O6S/c1-15-16(2)22(8-6-19(15)30)34-27(37)14-41-23-9-4-17(10-24(23)40-3)11-25-28(38)35(29(39)42-25)13-26(36)33-18-5-7-21(32)20(31)12-18/h4-12H,13-14H2,1-3H3,(H,33,36)(H,34,37)/b25-11+. The predicted molar refractivity (Wildman–Crippen MR) is 163 cm³/mol. The summed E-state index contributed by atoms with van der Waals surface area (Å²) in [6.45, 7) is 3.05. The topological polar surface area (TPSA) is 114 Å². The van der Waals surface area contributed by atoms with Crippen LogP contribution in [0.15, 0.2) is 57.9 Å². The first kappa shape index (κ1) is 31.1. The van der Waals surface area contributed by atoms with Crippen molar-refractivity contribution >= 4 is 79.7 Å². The van der Waals surface area contributed by atoms with E-state index >= 15 is 0 Å². The molecule has 0 unspecified atom stereocenters. The Morgan fingerprint density at radius 1 is 1.02 bits per heavy atom. The van der Waals surface area contributed by atoms with Crippen LogP contribution in [-0.4, -0.2) is 48.1 Å². The SMILES string of the molecule is COc1cc(/C=C2/SC(=O)N(CC(=O)Nc3ccc(F)c(Cl)c3)C2=O)ccc1OCC(=O)Nc1ccc(Br)c(C)c1C. The predicted octanol–water partition coefficient (Wildman–Crippen LogP) is 6.56. The molecule has 2 N–H and O–H groups in total. The Bertz CT molecular complexity index is 1630. The van der Waals surface area contributed by atoms with E-state index in [-0.39, 0.29) is 28.1 Å². The Morgan fingerprint density at radius 3 is 2.50 bits per heavy atom. The molecule has 0 aliphatic carbocycles. The fraction of sp³-hybridized carbons (Fsp3) is 0.172. The highest BCUT2D eigenvalue weighted by Crippen LogP contribution is 2.35. The molecule has 4 rings (SSSR count). The van der Waals surface area contributed by atoms with Gasteiger partial charge in [0.05, 0.1) is 17.0 Å². The molecule has 4 amide bonds. The van der Waals surface area contributed by atoms with Crippen molar-refractivity contribution in [1.29, 1.82) is 0 Å². The average molecular weight is 677 g/mol. The molecule has 13 heteroatoms. The summed E-state index contributed by atoms with van der Waals surface area (Å²) >= 11 is 9.88. The number of thioether (sulfide) groups is 1. The summed E-state index contributed by atoms with van der Waals surface area (Å²) in [5, 5.41) is 4.51. The molecule has 0 saturated carbocycles. The Morgan fingerprint density at radius 2 is 1.79 bits per heavy atom. The number of hydrogen-bond donors (Lipinski definition) is 2. The molecule has 0 bridgehead atoms. The van der Waals surface area contributed by atoms with E-state index in [2.05, 4.69) is 26.6 Å². The van der Waals surface area contributed by atoms with Gasteiger partial charge >= 0.3 is 0 Å². The van der Waals surface area contributed by atoms with Crippen LogP contribution >= 0.6 is 39.3 Å². The maximum absolute atomic E-state index is 13.4. The lowest BCUT2D eigenvalue weighted by molar-refractivity contribution is -0.127. The number of ether oxygens (including phenoxy) is 2. The monoisotopic (exact) mass is 675 g/mol. The normalized spacial score (nSPS) is 13.9. The lowest BCUT2D eigenvalue weighted by Crippen LogP contribution is -2.36. The number of rotatable bonds is 9. The smallest absolute Gasteiger partial charge is 0.294 e. The first-order valence-electron chi connectivity index (χ1n) is 12.3. The van der Waals surface area contributed by atoms with E-state index in [4.69, 9.17) is 21.1 Å². The molecule has 3 aromatic carbocycles. The van der Waals surface area contributed by atoms with Gasteiger partial charge in [0.2, 0.25) is 5.91 Å². The number of benzene rings is 3. The Hall–Kier alpha value is -3.87. The molecule has 1 aliphatic rings. The van der Waals surface area contributed by atoms with Crippen LogP contribution in [0, 0.1) is 19.7 Å². The highest BCUT2D eigenvalue weighted by atomic mass is 79.9. The van der Waals surface area contributed by atoms with Crippen LogP contribution in [0.2, 0.25) is 5.02 Å². The molecule has 1 fully saturated rings. The maximum Gasteiger partial charge on any atom is 0.294 e. The van der Waals surface area contributed by atoms with Gasteiger partial charge in [0.15, 0.2) is 18.1 Å². The lowest BCUT2D eigenvalue weighted by Gasteiger charge is -2.14. The fourth-order valence-electron chi connectivity index (χ4n) is 3.85. The highest BCUT2D eigenvalue weighted by molar-refractivity contribution is 9.10. The summed E-state index contributed by atoms with van der Waals surface area (Å²) in [6, 6.07) is 12.1. The van der Waals surface area contributed by atoms with Crippen molar-refractivity contribution in [3.63, 3.8) is 0 Å². The van der Waals surface area contributed by atoms with Crippen molar-refractivity contribution in [2.75, 3.05) is 30.9 Å². The number of anilines is 2. The van der Waals surface area contributed by atoms with Crippen LogP contribution in [-0.2, 0) is 14.4 Å². The van der Waals surface area contributed by atoms with Gasteiger partial charge in [-0.15, -0.1) is 0 Å². The summed E-state index contributed by atoms with van der Waals surface area (Å²) < 4.78 is 25.4. The van der Waals surface area contributed by atoms with Gasteiger partial charge in [0.25, 0.3) is 17.1 Å². The Balaban J connectivity index is 1.38. The third-order valence-electron chi connectivity index (χ3n) is 6.22. The molecule has 0 spiro atoms. The second kappa shape index (κ2) is 13.4. The minimum atomic E-state index is -0.654. The van der Waals surface area contributed by atoms with E-state index in [9.17, 15) is 23.6 Å². The van der Waals surface area contributed by atoms with Crippen LogP contribution < -0.4 is 20.1 Å². The molecule has 0 radical (unpaired) electrons. The van der Waals surface area contributed by atoms with Crippen LogP contribution in [0.5, 0.6) is 11.5 Å².